The summed E-state index contributed by atoms with van der Waals surface area (Å²) in [5, 5.41) is 8.54. The quantitative estimate of drug-likeness (QED) is 0.644. The van der Waals surface area contributed by atoms with E-state index in [2.05, 4.69) is 6.92 Å². The Kier molecular flexibility index (Phi) is 6.96. The van der Waals surface area contributed by atoms with E-state index in [0.29, 0.717) is 0 Å². The van der Waals surface area contributed by atoms with Crippen LogP contribution in [0.4, 0.5) is 0 Å². The van der Waals surface area contributed by atoms with Crippen LogP contribution in [0.3, 0.4) is 0 Å². The van der Waals surface area contributed by atoms with Gasteiger partial charge in [-0.05, 0) is 12.8 Å². The molecule has 0 saturated heterocycles. The highest BCUT2D eigenvalue weighted by Crippen LogP contribution is 2.12. The fourth-order valence-corrected chi connectivity index (χ4v) is 1.34. The predicted molar refractivity (Wildman–Crippen MR) is 58.5 cm³/mol. The van der Waals surface area contributed by atoms with Gasteiger partial charge in [0.1, 0.15) is 11.8 Å². The van der Waals surface area contributed by atoms with Crippen molar-refractivity contribution < 1.29 is 14.7 Å². The second-order valence-corrected chi connectivity index (χ2v) is 3.99. The van der Waals surface area contributed by atoms with Gasteiger partial charge < -0.3 is 10.8 Å². The highest BCUT2D eigenvalue weighted by Gasteiger charge is 2.16. The van der Waals surface area contributed by atoms with Crippen LogP contribution < -0.4 is 5.73 Å². The van der Waals surface area contributed by atoms with Crippen molar-refractivity contribution in [2.45, 2.75) is 52.0 Å². The highest BCUT2D eigenvalue weighted by molar-refractivity contribution is 5.81. The van der Waals surface area contributed by atoms with Crippen LogP contribution in [0.15, 0.2) is 0 Å². The summed E-state index contributed by atoms with van der Waals surface area (Å²) in [6.07, 6.45) is 3.52. The number of hydrogen-bond donors (Lipinski definition) is 2. The van der Waals surface area contributed by atoms with Gasteiger partial charge in [0.05, 0.1) is 0 Å². The van der Waals surface area contributed by atoms with E-state index in [9.17, 15) is 9.59 Å². The van der Waals surface area contributed by atoms with Crippen molar-refractivity contribution in [3.8, 4) is 0 Å². The van der Waals surface area contributed by atoms with E-state index in [-0.39, 0.29) is 24.5 Å². The Balaban J connectivity index is 3.77. The summed E-state index contributed by atoms with van der Waals surface area (Å²) in [7, 11) is 0. The Morgan fingerprint density at radius 3 is 2.40 bits per heavy atom. The molecule has 4 nitrogen and oxygen atoms in total. The van der Waals surface area contributed by atoms with E-state index < -0.39 is 12.0 Å². The topological polar surface area (TPSA) is 80.4 Å². The SMILES string of the molecule is CCCCC(C)C(=O)CC[C@H](N)C(=O)O. The largest absolute Gasteiger partial charge is 0.480 e. The molecule has 0 aliphatic heterocycles. The van der Waals surface area contributed by atoms with Gasteiger partial charge in [-0.15, -0.1) is 0 Å². The minimum Gasteiger partial charge on any atom is -0.480 e. The summed E-state index contributed by atoms with van der Waals surface area (Å²) < 4.78 is 0. The lowest BCUT2D eigenvalue weighted by atomic mass is 9.95. The van der Waals surface area contributed by atoms with Gasteiger partial charge in [0.25, 0.3) is 0 Å². The van der Waals surface area contributed by atoms with Crippen LogP contribution in [0.1, 0.15) is 46.0 Å². The molecule has 0 amide bonds. The molecule has 0 heterocycles. The number of carbonyl (C=O) groups excluding carboxylic acids is 1. The number of carbonyl (C=O) groups is 2. The number of aliphatic carboxylic acids is 1. The van der Waals surface area contributed by atoms with Crippen LogP contribution in [0.25, 0.3) is 0 Å². The first-order valence-corrected chi connectivity index (χ1v) is 5.50. The zero-order valence-corrected chi connectivity index (χ0v) is 9.53. The molecule has 0 aliphatic rings. The standard InChI is InChI=1S/C11H21NO3/c1-3-4-5-8(2)10(13)7-6-9(12)11(14)15/h8-9H,3-7,12H2,1-2H3,(H,14,15)/t8?,9-/m0/s1. The molecule has 0 aromatic heterocycles. The van der Waals surface area contributed by atoms with Gasteiger partial charge in [-0.2, -0.15) is 0 Å². The van der Waals surface area contributed by atoms with Gasteiger partial charge in [-0.3, -0.25) is 9.59 Å². The molecule has 0 saturated carbocycles. The van der Waals surface area contributed by atoms with Gasteiger partial charge >= 0.3 is 5.97 Å². The van der Waals surface area contributed by atoms with Crippen molar-refractivity contribution in [2.75, 3.05) is 0 Å². The van der Waals surface area contributed by atoms with Gasteiger partial charge in [0.15, 0.2) is 0 Å². The number of rotatable bonds is 8. The fourth-order valence-electron chi connectivity index (χ4n) is 1.34. The maximum atomic E-state index is 11.5. The van der Waals surface area contributed by atoms with Crippen molar-refractivity contribution in [2.24, 2.45) is 11.7 Å². The molecule has 15 heavy (non-hydrogen) atoms. The number of ketones is 1. The smallest absolute Gasteiger partial charge is 0.320 e. The number of nitrogens with two attached hydrogens (primary N) is 1. The Bertz CT molecular complexity index is 216. The molecule has 0 rings (SSSR count). The van der Waals surface area contributed by atoms with Crippen molar-refractivity contribution in [3.63, 3.8) is 0 Å². The molecule has 3 N–H and O–H groups in total. The number of carboxylic acid groups (broad SMARTS) is 1. The zero-order valence-electron chi connectivity index (χ0n) is 9.53. The molecule has 0 aromatic carbocycles. The zero-order chi connectivity index (χ0) is 11.8. The van der Waals surface area contributed by atoms with Crippen LogP contribution >= 0.6 is 0 Å². The first kappa shape index (κ1) is 14.1. The van der Waals surface area contributed by atoms with Gasteiger partial charge in [0, 0.05) is 12.3 Å². The Hall–Kier alpha value is -0.900. The molecule has 2 atom stereocenters. The average molecular weight is 215 g/mol. The lowest BCUT2D eigenvalue weighted by Gasteiger charge is -2.10. The number of hydrogen-bond acceptors (Lipinski definition) is 3. The molecule has 0 radical (unpaired) electrons. The number of Topliss-reactive ketones (excluding diaryl/α,β-unsaturated/α-hetero) is 1. The van der Waals surface area contributed by atoms with Gasteiger partial charge in [-0.25, -0.2) is 0 Å². The predicted octanol–water partition coefficient (Wildman–Crippen LogP) is 1.57. The summed E-state index contributed by atoms with van der Waals surface area (Å²) in [6, 6.07) is -0.910. The van der Waals surface area contributed by atoms with E-state index >= 15 is 0 Å². The average Bonchev–Trinajstić information content (AvgIpc) is 2.21. The van der Waals surface area contributed by atoms with E-state index in [1.54, 1.807) is 0 Å². The number of carboxylic acids is 1. The Labute approximate surface area is 90.8 Å². The Morgan fingerprint density at radius 1 is 1.33 bits per heavy atom. The van der Waals surface area contributed by atoms with Crippen LogP contribution in [0, 0.1) is 5.92 Å². The lowest BCUT2D eigenvalue weighted by molar-refractivity contribution is -0.138. The molecule has 0 aromatic rings. The number of unbranched alkanes of at least 4 members (excludes halogenated alkanes) is 1. The summed E-state index contributed by atoms with van der Waals surface area (Å²) in [5.74, 6) is -0.880. The molecule has 0 fully saturated rings. The molecule has 0 bridgehead atoms. The highest BCUT2D eigenvalue weighted by atomic mass is 16.4. The minimum atomic E-state index is -1.04. The summed E-state index contributed by atoms with van der Waals surface area (Å²) in [4.78, 5) is 21.9. The van der Waals surface area contributed by atoms with E-state index in [1.165, 1.54) is 0 Å². The first-order valence-electron chi connectivity index (χ1n) is 5.50. The van der Waals surface area contributed by atoms with Crippen molar-refractivity contribution in [1.82, 2.24) is 0 Å². The second-order valence-electron chi connectivity index (χ2n) is 3.99. The van der Waals surface area contributed by atoms with Crippen LogP contribution in [0.2, 0.25) is 0 Å². The minimum absolute atomic E-state index is 0.0333. The Morgan fingerprint density at radius 2 is 1.93 bits per heavy atom. The second kappa shape index (κ2) is 7.40. The third-order valence-corrected chi connectivity index (χ3v) is 2.56. The van der Waals surface area contributed by atoms with E-state index in [1.807, 2.05) is 6.92 Å². The van der Waals surface area contributed by atoms with Crippen molar-refractivity contribution in [3.05, 3.63) is 0 Å². The molecule has 1 unspecified atom stereocenters. The fraction of sp³-hybridized carbons (Fsp3) is 0.818. The maximum absolute atomic E-state index is 11.5. The van der Waals surface area contributed by atoms with Gasteiger partial charge in [0.2, 0.25) is 0 Å². The van der Waals surface area contributed by atoms with Crippen LogP contribution in [-0.2, 0) is 9.59 Å². The monoisotopic (exact) mass is 215 g/mol. The molecule has 88 valence electrons. The van der Waals surface area contributed by atoms with Crippen LogP contribution in [0.5, 0.6) is 0 Å². The van der Waals surface area contributed by atoms with Crippen molar-refractivity contribution in [1.29, 1.82) is 0 Å². The van der Waals surface area contributed by atoms with E-state index in [4.69, 9.17) is 10.8 Å². The lowest BCUT2D eigenvalue weighted by Crippen LogP contribution is -2.31. The van der Waals surface area contributed by atoms with Crippen LogP contribution in [-0.4, -0.2) is 22.9 Å². The third-order valence-electron chi connectivity index (χ3n) is 2.56. The third kappa shape index (κ3) is 6.23. The summed E-state index contributed by atoms with van der Waals surface area (Å²) >= 11 is 0. The summed E-state index contributed by atoms with van der Waals surface area (Å²) in [6.45, 7) is 3.97. The molecule has 4 heteroatoms. The first-order chi connectivity index (χ1) is 6.99. The summed E-state index contributed by atoms with van der Waals surface area (Å²) in [5.41, 5.74) is 5.31. The molecular formula is C11H21NO3. The van der Waals surface area contributed by atoms with Gasteiger partial charge in [-0.1, -0.05) is 26.7 Å². The molecular weight excluding hydrogens is 194 g/mol. The van der Waals surface area contributed by atoms with Crippen molar-refractivity contribution >= 4 is 11.8 Å². The van der Waals surface area contributed by atoms with E-state index in [0.717, 1.165) is 19.3 Å². The normalized spacial score (nSPS) is 14.6. The molecule has 0 aliphatic carbocycles. The molecule has 0 spiro atoms. The maximum Gasteiger partial charge on any atom is 0.320 e.